The Balaban J connectivity index is 2.49. The van der Waals surface area contributed by atoms with Crippen LogP contribution in [-0.4, -0.2) is 23.3 Å². The van der Waals surface area contributed by atoms with Gasteiger partial charge in [-0.2, -0.15) is 0 Å². The summed E-state index contributed by atoms with van der Waals surface area (Å²) in [6, 6.07) is 0. The molecule has 1 aliphatic rings. The van der Waals surface area contributed by atoms with Gasteiger partial charge in [-0.3, -0.25) is 14.5 Å². The van der Waals surface area contributed by atoms with Crippen LogP contribution in [0.4, 0.5) is 0 Å². The van der Waals surface area contributed by atoms with Crippen molar-refractivity contribution >= 4 is 11.8 Å². The molecule has 2 amide bonds. The van der Waals surface area contributed by atoms with Gasteiger partial charge in [-0.05, 0) is 19.3 Å². The van der Waals surface area contributed by atoms with Gasteiger partial charge in [0.15, 0.2) is 0 Å². The Bertz CT molecular complexity index is 247. The molecule has 0 bridgehead atoms. The van der Waals surface area contributed by atoms with Gasteiger partial charge in [0.25, 0.3) is 0 Å². The number of carbonyl (C=O) groups excluding carboxylic acids is 2. The van der Waals surface area contributed by atoms with Gasteiger partial charge in [0.05, 0.1) is 0 Å². The van der Waals surface area contributed by atoms with Crippen LogP contribution in [0.3, 0.4) is 0 Å². The van der Waals surface area contributed by atoms with Crippen LogP contribution in [0.25, 0.3) is 0 Å². The quantitative estimate of drug-likeness (QED) is 0.385. The molecule has 1 aliphatic heterocycles. The lowest BCUT2D eigenvalue weighted by Gasteiger charge is -2.17. The highest BCUT2D eigenvalue weighted by Gasteiger charge is 2.22. The maximum atomic E-state index is 11.5. The summed E-state index contributed by atoms with van der Waals surface area (Å²) in [7, 11) is 0. The molecule has 1 saturated heterocycles. The summed E-state index contributed by atoms with van der Waals surface area (Å²) in [6.45, 7) is 0.488. The molecule has 14 heavy (non-hydrogen) atoms. The van der Waals surface area contributed by atoms with Crippen molar-refractivity contribution in [2.45, 2.75) is 38.5 Å². The predicted molar refractivity (Wildman–Crippen MR) is 53.3 cm³/mol. The average Bonchev–Trinajstić information content (AvgIpc) is 2.32. The zero-order valence-corrected chi connectivity index (χ0v) is 8.29. The first kappa shape index (κ1) is 10.8. The van der Waals surface area contributed by atoms with E-state index in [-0.39, 0.29) is 11.8 Å². The summed E-state index contributed by atoms with van der Waals surface area (Å²) in [5.74, 6) is 2.43. The molecule has 0 N–H and O–H groups in total. The van der Waals surface area contributed by atoms with E-state index in [1.807, 2.05) is 0 Å². The molecule has 0 radical (unpaired) electrons. The van der Waals surface area contributed by atoms with Gasteiger partial charge in [-0.25, -0.2) is 0 Å². The Morgan fingerprint density at radius 3 is 2.29 bits per heavy atom. The van der Waals surface area contributed by atoms with Crippen LogP contribution >= 0.6 is 0 Å². The number of unbranched alkanes of at least 4 members (excludes halogenated alkanes) is 1. The topological polar surface area (TPSA) is 37.4 Å². The number of hydrogen-bond donors (Lipinski definition) is 0. The lowest BCUT2D eigenvalue weighted by atomic mass is 10.2. The highest BCUT2D eigenvalue weighted by Crippen LogP contribution is 2.13. The molecule has 1 fully saturated rings. The van der Waals surface area contributed by atoms with Gasteiger partial charge >= 0.3 is 0 Å². The number of amides is 2. The number of nitrogens with zero attached hydrogens (tertiary/aromatic N) is 1. The number of imide groups is 1. The van der Waals surface area contributed by atoms with Crippen molar-refractivity contribution in [1.29, 1.82) is 0 Å². The summed E-state index contributed by atoms with van der Waals surface area (Å²) in [5, 5.41) is 0. The molecule has 1 rings (SSSR count). The summed E-state index contributed by atoms with van der Waals surface area (Å²) < 4.78 is 0. The summed E-state index contributed by atoms with van der Waals surface area (Å²) in [6.07, 6.45) is 9.11. The van der Waals surface area contributed by atoms with Gasteiger partial charge in [-0.15, -0.1) is 12.3 Å². The Labute approximate surface area is 84.5 Å². The Morgan fingerprint density at radius 2 is 1.79 bits per heavy atom. The fourth-order valence-corrected chi connectivity index (χ4v) is 1.55. The molecule has 0 aromatic carbocycles. The third kappa shape index (κ3) is 2.88. The second-order valence-electron chi connectivity index (χ2n) is 3.45. The molecule has 0 aromatic heterocycles. The first-order valence-electron chi connectivity index (χ1n) is 5.02. The van der Waals surface area contributed by atoms with Gasteiger partial charge in [-0.1, -0.05) is 0 Å². The monoisotopic (exact) mass is 193 g/mol. The van der Waals surface area contributed by atoms with Crippen molar-refractivity contribution in [3.8, 4) is 12.3 Å². The van der Waals surface area contributed by atoms with Crippen LogP contribution < -0.4 is 0 Å². The average molecular weight is 193 g/mol. The lowest BCUT2D eigenvalue weighted by molar-refractivity contribution is -0.143. The van der Waals surface area contributed by atoms with Crippen molar-refractivity contribution in [1.82, 2.24) is 4.90 Å². The summed E-state index contributed by atoms with van der Waals surface area (Å²) in [4.78, 5) is 24.3. The third-order valence-corrected chi connectivity index (χ3v) is 2.34. The number of terminal acetylenes is 1. The van der Waals surface area contributed by atoms with E-state index in [1.165, 1.54) is 4.90 Å². The van der Waals surface area contributed by atoms with Crippen LogP contribution in [0.15, 0.2) is 0 Å². The minimum absolute atomic E-state index is 0.0375. The lowest BCUT2D eigenvalue weighted by Crippen LogP contribution is -2.35. The molecular weight excluding hydrogens is 178 g/mol. The van der Waals surface area contributed by atoms with Gasteiger partial charge in [0.2, 0.25) is 11.8 Å². The van der Waals surface area contributed by atoms with Gasteiger partial charge in [0, 0.05) is 25.8 Å². The van der Waals surface area contributed by atoms with Crippen LogP contribution in [0.5, 0.6) is 0 Å². The first-order valence-corrected chi connectivity index (χ1v) is 5.02. The summed E-state index contributed by atoms with van der Waals surface area (Å²) in [5.41, 5.74) is 0. The summed E-state index contributed by atoms with van der Waals surface area (Å²) >= 11 is 0. The van der Waals surface area contributed by atoms with E-state index in [1.54, 1.807) is 0 Å². The minimum atomic E-state index is -0.0375. The van der Waals surface area contributed by atoms with Crippen molar-refractivity contribution in [2.75, 3.05) is 6.54 Å². The molecule has 0 aliphatic carbocycles. The van der Waals surface area contributed by atoms with Gasteiger partial charge in [0.1, 0.15) is 0 Å². The molecule has 0 saturated carbocycles. The van der Waals surface area contributed by atoms with Crippen molar-refractivity contribution in [3.63, 3.8) is 0 Å². The van der Waals surface area contributed by atoms with E-state index in [0.717, 1.165) is 12.8 Å². The highest BCUT2D eigenvalue weighted by atomic mass is 16.2. The van der Waals surface area contributed by atoms with Crippen LogP contribution in [-0.2, 0) is 9.59 Å². The normalized spacial score (nSPS) is 17.8. The van der Waals surface area contributed by atoms with E-state index >= 15 is 0 Å². The molecule has 76 valence electrons. The Hall–Kier alpha value is -1.30. The van der Waals surface area contributed by atoms with Gasteiger partial charge < -0.3 is 0 Å². The van der Waals surface area contributed by atoms with Crippen molar-refractivity contribution in [2.24, 2.45) is 0 Å². The molecule has 0 spiro atoms. The van der Waals surface area contributed by atoms with Crippen molar-refractivity contribution in [3.05, 3.63) is 0 Å². The largest absolute Gasteiger partial charge is 0.283 e. The SMILES string of the molecule is C#CCCCN1C(=O)CCCCC1=O. The number of likely N-dealkylation sites (tertiary alicyclic amines) is 1. The number of carbonyl (C=O) groups is 2. The molecule has 3 heteroatoms. The fourth-order valence-electron chi connectivity index (χ4n) is 1.55. The van der Waals surface area contributed by atoms with E-state index in [9.17, 15) is 9.59 Å². The maximum Gasteiger partial charge on any atom is 0.229 e. The first-order chi connectivity index (χ1) is 6.75. The molecule has 1 heterocycles. The zero-order valence-electron chi connectivity index (χ0n) is 8.29. The van der Waals surface area contributed by atoms with E-state index in [4.69, 9.17) is 6.42 Å². The smallest absolute Gasteiger partial charge is 0.229 e. The molecular formula is C11H15NO2. The van der Waals surface area contributed by atoms with E-state index in [0.29, 0.717) is 32.2 Å². The fraction of sp³-hybridized carbons (Fsp3) is 0.636. The second kappa shape index (κ2) is 5.43. The minimum Gasteiger partial charge on any atom is -0.283 e. The molecule has 0 aromatic rings. The van der Waals surface area contributed by atoms with Crippen LogP contribution in [0, 0.1) is 12.3 Å². The molecule has 3 nitrogen and oxygen atoms in total. The zero-order chi connectivity index (χ0) is 10.4. The third-order valence-electron chi connectivity index (χ3n) is 2.34. The maximum absolute atomic E-state index is 11.5. The molecule has 0 atom stereocenters. The second-order valence-corrected chi connectivity index (χ2v) is 3.45. The van der Waals surface area contributed by atoms with Crippen molar-refractivity contribution < 1.29 is 9.59 Å². The highest BCUT2D eigenvalue weighted by molar-refractivity contribution is 5.95. The number of hydrogen-bond acceptors (Lipinski definition) is 2. The molecule has 0 unspecified atom stereocenters. The Kier molecular flexibility index (Phi) is 4.18. The standard InChI is InChI=1S/C11H15NO2/c1-2-3-6-9-12-10(13)7-4-5-8-11(12)14/h1H,3-9H2. The van der Waals surface area contributed by atoms with E-state index in [2.05, 4.69) is 5.92 Å². The van der Waals surface area contributed by atoms with Crippen LogP contribution in [0.2, 0.25) is 0 Å². The number of rotatable bonds is 3. The van der Waals surface area contributed by atoms with E-state index < -0.39 is 0 Å². The Morgan fingerprint density at radius 1 is 1.21 bits per heavy atom. The van der Waals surface area contributed by atoms with Crippen LogP contribution in [0.1, 0.15) is 38.5 Å². The predicted octanol–water partition coefficient (Wildman–Crippen LogP) is 1.33.